The molecule has 0 saturated heterocycles. The molecule has 14 heavy (non-hydrogen) atoms. The van der Waals surface area contributed by atoms with E-state index in [0.717, 1.165) is 6.20 Å². The maximum Gasteiger partial charge on any atom is 0.288 e. The summed E-state index contributed by atoms with van der Waals surface area (Å²) in [5.41, 5.74) is 0.394. The molecule has 0 unspecified atom stereocenters. The molecule has 0 fully saturated rings. The van der Waals surface area contributed by atoms with E-state index in [-0.39, 0.29) is 10.8 Å². The second kappa shape index (κ2) is 4.93. The van der Waals surface area contributed by atoms with E-state index in [1.165, 1.54) is 6.07 Å². The molecule has 1 aromatic heterocycles. The molecule has 0 aromatic carbocycles. The molecule has 6 heteroatoms. The Morgan fingerprint density at radius 3 is 2.93 bits per heavy atom. The van der Waals surface area contributed by atoms with E-state index < -0.39 is 4.92 Å². The molecule has 0 bridgehead atoms. The Bertz CT molecular complexity index is 380. The topological polar surface area (TPSA) is 56.0 Å². The lowest BCUT2D eigenvalue weighted by molar-refractivity contribution is -0.385. The van der Waals surface area contributed by atoms with Crippen LogP contribution in [0.2, 0.25) is 5.15 Å². The van der Waals surface area contributed by atoms with Gasteiger partial charge in [0, 0.05) is 17.5 Å². The van der Waals surface area contributed by atoms with Crippen LogP contribution in [0, 0.1) is 10.1 Å². The molecule has 74 valence electrons. The van der Waals surface area contributed by atoms with Crippen molar-refractivity contribution in [3.8, 4) is 0 Å². The molecule has 0 aliphatic carbocycles. The van der Waals surface area contributed by atoms with Crippen LogP contribution in [-0.4, -0.2) is 15.8 Å². The van der Waals surface area contributed by atoms with Crippen molar-refractivity contribution >= 4 is 35.0 Å². The summed E-state index contributed by atoms with van der Waals surface area (Å²) in [6, 6.07) is 1.35. The molecule has 1 heterocycles. The smallest absolute Gasteiger partial charge is 0.258 e. The van der Waals surface area contributed by atoms with E-state index in [1.807, 2.05) is 0 Å². The summed E-state index contributed by atoms with van der Waals surface area (Å²) in [6.45, 7) is 0. The van der Waals surface area contributed by atoms with Crippen LogP contribution in [0.5, 0.6) is 0 Å². The number of allylic oxidation sites excluding steroid dienone is 1. The minimum Gasteiger partial charge on any atom is -0.258 e. The van der Waals surface area contributed by atoms with Crippen molar-refractivity contribution in [3.63, 3.8) is 0 Å². The van der Waals surface area contributed by atoms with Gasteiger partial charge in [-0.05, 0) is 0 Å². The Morgan fingerprint density at radius 1 is 1.64 bits per heavy atom. The first-order valence-corrected chi connectivity index (χ1v) is 4.59. The molecule has 0 N–H and O–H groups in total. The van der Waals surface area contributed by atoms with Crippen LogP contribution in [0.15, 0.2) is 18.3 Å². The summed E-state index contributed by atoms with van der Waals surface area (Å²) < 4.78 is 0. The first kappa shape index (κ1) is 10.9. The molecule has 0 aliphatic rings. The average Bonchev–Trinajstić information content (AvgIpc) is 2.16. The zero-order valence-electron chi connectivity index (χ0n) is 6.98. The first-order valence-electron chi connectivity index (χ1n) is 3.67. The predicted octanol–water partition coefficient (Wildman–Crippen LogP) is 2.90. The van der Waals surface area contributed by atoms with Crippen LogP contribution in [0.3, 0.4) is 0 Å². The summed E-state index contributed by atoms with van der Waals surface area (Å²) in [4.78, 5) is 13.6. The van der Waals surface area contributed by atoms with Crippen molar-refractivity contribution in [3.05, 3.63) is 39.2 Å². The van der Waals surface area contributed by atoms with Crippen molar-refractivity contribution in [2.24, 2.45) is 0 Å². The van der Waals surface area contributed by atoms with E-state index in [4.69, 9.17) is 23.2 Å². The van der Waals surface area contributed by atoms with Crippen LogP contribution in [0.1, 0.15) is 5.56 Å². The third-order valence-electron chi connectivity index (χ3n) is 1.45. The SMILES string of the molecule is O=[N+]([O-])c1cnc(Cl)c(C=CCCl)c1. The van der Waals surface area contributed by atoms with Crippen molar-refractivity contribution < 1.29 is 4.92 Å². The van der Waals surface area contributed by atoms with Gasteiger partial charge in [0.25, 0.3) is 5.69 Å². The van der Waals surface area contributed by atoms with Gasteiger partial charge in [-0.2, -0.15) is 0 Å². The van der Waals surface area contributed by atoms with Crippen molar-refractivity contribution in [1.29, 1.82) is 0 Å². The minimum absolute atomic E-state index is 0.0939. The second-order valence-corrected chi connectivity index (χ2v) is 3.05. The Kier molecular flexibility index (Phi) is 3.85. The zero-order chi connectivity index (χ0) is 10.6. The predicted molar refractivity (Wildman–Crippen MR) is 55.7 cm³/mol. The Balaban J connectivity index is 3.08. The van der Waals surface area contributed by atoms with Gasteiger partial charge in [0.1, 0.15) is 11.3 Å². The number of nitro groups is 1. The summed E-state index contributed by atoms with van der Waals surface area (Å²) in [5, 5.41) is 10.6. The highest BCUT2D eigenvalue weighted by Gasteiger charge is 2.08. The lowest BCUT2D eigenvalue weighted by Gasteiger charge is -1.96. The van der Waals surface area contributed by atoms with E-state index in [9.17, 15) is 10.1 Å². The number of pyridine rings is 1. The van der Waals surface area contributed by atoms with Gasteiger partial charge in [0.2, 0.25) is 0 Å². The number of alkyl halides is 1. The highest BCUT2D eigenvalue weighted by atomic mass is 35.5. The van der Waals surface area contributed by atoms with Crippen molar-refractivity contribution in [2.45, 2.75) is 0 Å². The molecule has 1 rings (SSSR count). The summed E-state index contributed by atoms with van der Waals surface area (Å²) in [7, 11) is 0. The number of hydrogen-bond donors (Lipinski definition) is 0. The summed E-state index contributed by atoms with van der Waals surface area (Å²) in [6.07, 6.45) is 4.34. The molecule has 0 amide bonds. The Labute approximate surface area is 90.3 Å². The molecular formula is C8H6Cl2N2O2. The minimum atomic E-state index is -0.526. The molecule has 4 nitrogen and oxygen atoms in total. The van der Waals surface area contributed by atoms with Gasteiger partial charge in [0.05, 0.1) is 4.92 Å². The first-order chi connectivity index (χ1) is 6.65. The number of aromatic nitrogens is 1. The molecular weight excluding hydrogens is 227 g/mol. The van der Waals surface area contributed by atoms with Gasteiger partial charge >= 0.3 is 0 Å². The van der Waals surface area contributed by atoms with E-state index >= 15 is 0 Å². The van der Waals surface area contributed by atoms with Crippen molar-refractivity contribution in [1.82, 2.24) is 4.98 Å². The Hall–Kier alpha value is -1.13. The maximum absolute atomic E-state index is 10.4. The Morgan fingerprint density at radius 2 is 2.36 bits per heavy atom. The second-order valence-electron chi connectivity index (χ2n) is 2.39. The van der Waals surface area contributed by atoms with E-state index in [1.54, 1.807) is 12.2 Å². The van der Waals surface area contributed by atoms with Gasteiger partial charge in [0.15, 0.2) is 0 Å². The fourth-order valence-corrected chi connectivity index (χ4v) is 1.10. The standard InChI is InChI=1S/C8H6Cl2N2O2/c9-3-1-2-6-4-7(12(13)14)5-11-8(6)10/h1-2,4-5H,3H2. The summed E-state index contributed by atoms with van der Waals surface area (Å²) >= 11 is 11.1. The molecule has 0 aliphatic heterocycles. The molecule has 0 atom stereocenters. The highest BCUT2D eigenvalue weighted by Crippen LogP contribution is 2.20. The third-order valence-corrected chi connectivity index (χ3v) is 1.94. The molecule has 0 saturated carbocycles. The van der Waals surface area contributed by atoms with Crippen LogP contribution in [0.25, 0.3) is 6.08 Å². The van der Waals surface area contributed by atoms with Gasteiger partial charge < -0.3 is 0 Å². The molecule has 0 spiro atoms. The van der Waals surface area contributed by atoms with Crippen LogP contribution in [0.4, 0.5) is 5.69 Å². The highest BCUT2D eigenvalue weighted by molar-refractivity contribution is 6.30. The number of hydrogen-bond acceptors (Lipinski definition) is 3. The fraction of sp³-hybridized carbons (Fsp3) is 0.125. The number of nitrogens with zero attached hydrogens (tertiary/aromatic N) is 2. The van der Waals surface area contributed by atoms with Gasteiger partial charge in [-0.15, -0.1) is 11.6 Å². The van der Waals surface area contributed by atoms with Gasteiger partial charge in [-0.3, -0.25) is 10.1 Å². The molecule has 0 radical (unpaired) electrons. The quantitative estimate of drug-likeness (QED) is 0.349. The lowest BCUT2D eigenvalue weighted by atomic mass is 10.2. The summed E-state index contributed by atoms with van der Waals surface area (Å²) in [5.74, 6) is 0.318. The van der Waals surface area contributed by atoms with Crippen LogP contribution < -0.4 is 0 Å². The van der Waals surface area contributed by atoms with Crippen LogP contribution >= 0.6 is 23.2 Å². The molecule has 1 aromatic rings. The average molecular weight is 233 g/mol. The largest absolute Gasteiger partial charge is 0.288 e. The van der Waals surface area contributed by atoms with Gasteiger partial charge in [-0.25, -0.2) is 4.98 Å². The number of rotatable bonds is 3. The zero-order valence-corrected chi connectivity index (χ0v) is 8.50. The van der Waals surface area contributed by atoms with Gasteiger partial charge in [-0.1, -0.05) is 23.8 Å². The number of halogens is 2. The normalized spacial score (nSPS) is 10.7. The lowest BCUT2D eigenvalue weighted by Crippen LogP contribution is -1.90. The fourth-order valence-electron chi connectivity index (χ4n) is 0.842. The van der Waals surface area contributed by atoms with E-state index in [0.29, 0.717) is 11.4 Å². The maximum atomic E-state index is 10.4. The van der Waals surface area contributed by atoms with Crippen molar-refractivity contribution in [2.75, 3.05) is 5.88 Å². The van der Waals surface area contributed by atoms with E-state index in [2.05, 4.69) is 4.98 Å². The third kappa shape index (κ3) is 2.68. The monoisotopic (exact) mass is 232 g/mol. The van der Waals surface area contributed by atoms with Crippen LogP contribution in [-0.2, 0) is 0 Å².